The number of ketones is 1. The molecule has 0 radical (unpaired) electrons. The molecule has 0 aliphatic heterocycles. The number of alkyl halides is 1. The minimum absolute atomic E-state index is 0.0108. The number of carbonyl (C=O) groups excluding carboxylic acids is 1. The predicted molar refractivity (Wildman–Crippen MR) is 87.8 cm³/mol. The second-order valence-electron chi connectivity index (χ2n) is 4.96. The number of hydrogen-bond donors (Lipinski definition) is 0. The van der Waals surface area contributed by atoms with Gasteiger partial charge in [0.2, 0.25) is 0 Å². The smallest absolute Gasteiger partial charge is 0.192 e. The Labute approximate surface area is 130 Å². The molecule has 0 amide bonds. The largest absolute Gasteiger partial charge is 0.289 e. The highest BCUT2D eigenvalue weighted by Crippen LogP contribution is 2.36. The van der Waals surface area contributed by atoms with E-state index >= 15 is 0 Å². The number of benzene rings is 1. The number of rotatable bonds is 4. The molecule has 0 saturated heterocycles. The Morgan fingerprint density at radius 2 is 2.00 bits per heavy atom. The van der Waals surface area contributed by atoms with Crippen molar-refractivity contribution in [2.75, 3.05) is 6.26 Å². The topological polar surface area (TPSA) is 34.1 Å². The molecular weight excluding hydrogens is 336 g/mol. The molecule has 1 aromatic carbocycles. The van der Waals surface area contributed by atoms with Crippen LogP contribution in [-0.2, 0) is 10.8 Å². The van der Waals surface area contributed by atoms with Gasteiger partial charge in [0.25, 0.3) is 0 Å². The maximum atomic E-state index is 12.3. The van der Waals surface area contributed by atoms with E-state index in [2.05, 4.69) is 15.9 Å². The quantitative estimate of drug-likeness (QED) is 0.612. The van der Waals surface area contributed by atoms with Crippen LogP contribution in [0.3, 0.4) is 0 Å². The van der Waals surface area contributed by atoms with Gasteiger partial charge in [0.1, 0.15) is 0 Å². The van der Waals surface area contributed by atoms with Crippen LogP contribution >= 0.6 is 15.9 Å². The minimum atomic E-state index is -0.917. The standard InChI is InChI=1S/C16H17BrO2S/c1-12(20(2)19)16(17)10-8-14(9-11-16)15(18)13-6-4-3-5-7-13/h3-10,12H,11H2,1-2H3. The van der Waals surface area contributed by atoms with Gasteiger partial charge < -0.3 is 0 Å². The van der Waals surface area contributed by atoms with E-state index in [0.717, 1.165) is 0 Å². The van der Waals surface area contributed by atoms with E-state index in [1.54, 1.807) is 6.26 Å². The summed E-state index contributed by atoms with van der Waals surface area (Å²) < 4.78 is 11.3. The van der Waals surface area contributed by atoms with E-state index in [1.165, 1.54) is 0 Å². The van der Waals surface area contributed by atoms with Crippen LogP contribution in [-0.4, -0.2) is 25.8 Å². The molecule has 0 heterocycles. The van der Waals surface area contributed by atoms with Crippen LogP contribution in [0.25, 0.3) is 0 Å². The first-order valence-corrected chi connectivity index (χ1v) is 8.86. The molecule has 1 aliphatic carbocycles. The zero-order valence-corrected chi connectivity index (χ0v) is 13.9. The summed E-state index contributed by atoms with van der Waals surface area (Å²) in [6, 6.07) is 9.24. The average molecular weight is 353 g/mol. The maximum absolute atomic E-state index is 12.3. The summed E-state index contributed by atoms with van der Waals surface area (Å²) in [7, 11) is -0.917. The first-order valence-electron chi connectivity index (χ1n) is 6.44. The molecule has 106 valence electrons. The van der Waals surface area contributed by atoms with Gasteiger partial charge in [-0.1, -0.05) is 64.5 Å². The molecule has 2 nitrogen and oxygen atoms in total. The summed E-state index contributed by atoms with van der Waals surface area (Å²) in [5.41, 5.74) is 1.39. The van der Waals surface area contributed by atoms with Crippen molar-refractivity contribution in [3.8, 4) is 0 Å². The summed E-state index contributed by atoms with van der Waals surface area (Å²) in [4.78, 5) is 12.3. The van der Waals surface area contributed by atoms with Gasteiger partial charge in [0.05, 0.1) is 9.57 Å². The van der Waals surface area contributed by atoms with E-state index < -0.39 is 10.8 Å². The lowest BCUT2D eigenvalue weighted by molar-refractivity contribution is 0.103. The lowest BCUT2D eigenvalue weighted by Crippen LogP contribution is -2.36. The molecule has 20 heavy (non-hydrogen) atoms. The molecule has 0 fully saturated rings. The fourth-order valence-corrected chi connectivity index (χ4v) is 3.94. The third kappa shape index (κ3) is 3.18. The van der Waals surface area contributed by atoms with E-state index in [-0.39, 0.29) is 15.4 Å². The maximum Gasteiger partial charge on any atom is 0.192 e. The summed E-state index contributed by atoms with van der Waals surface area (Å²) in [6.07, 6.45) is 8.08. The number of halogens is 1. The van der Waals surface area contributed by atoms with Crippen LogP contribution in [0.15, 0.2) is 54.1 Å². The lowest BCUT2D eigenvalue weighted by atomic mass is 9.91. The summed E-state index contributed by atoms with van der Waals surface area (Å²) in [5.74, 6) is 0.0293. The van der Waals surface area contributed by atoms with Gasteiger partial charge in [-0.15, -0.1) is 0 Å². The zero-order chi connectivity index (χ0) is 14.8. The average Bonchev–Trinajstić information content (AvgIpc) is 2.47. The van der Waals surface area contributed by atoms with Crippen molar-refractivity contribution in [3.63, 3.8) is 0 Å². The monoisotopic (exact) mass is 352 g/mol. The Hall–Kier alpha value is -1.00. The van der Waals surface area contributed by atoms with Gasteiger partial charge >= 0.3 is 0 Å². The first-order chi connectivity index (χ1) is 9.44. The fourth-order valence-electron chi connectivity index (χ4n) is 2.13. The Morgan fingerprint density at radius 3 is 2.50 bits per heavy atom. The number of hydrogen-bond acceptors (Lipinski definition) is 2. The normalized spacial score (nSPS) is 24.9. The zero-order valence-electron chi connectivity index (χ0n) is 11.5. The highest BCUT2D eigenvalue weighted by molar-refractivity contribution is 9.10. The molecule has 0 aromatic heterocycles. The Morgan fingerprint density at radius 1 is 1.35 bits per heavy atom. The van der Waals surface area contributed by atoms with Gasteiger partial charge in [-0.25, -0.2) is 0 Å². The van der Waals surface area contributed by atoms with Crippen LogP contribution in [0.4, 0.5) is 0 Å². The molecule has 1 aliphatic rings. The van der Waals surface area contributed by atoms with Crippen molar-refractivity contribution in [1.29, 1.82) is 0 Å². The summed E-state index contributed by atoms with van der Waals surface area (Å²) >= 11 is 3.66. The van der Waals surface area contributed by atoms with Crippen LogP contribution < -0.4 is 0 Å². The van der Waals surface area contributed by atoms with Gasteiger partial charge in [-0.2, -0.15) is 0 Å². The second-order valence-corrected chi connectivity index (χ2v) is 8.14. The first kappa shape index (κ1) is 15.4. The molecule has 2 rings (SSSR count). The molecule has 1 aromatic rings. The van der Waals surface area contributed by atoms with Crippen LogP contribution in [0.1, 0.15) is 23.7 Å². The molecule has 0 bridgehead atoms. The van der Waals surface area contributed by atoms with Crippen molar-refractivity contribution in [2.24, 2.45) is 0 Å². The lowest BCUT2D eigenvalue weighted by Gasteiger charge is -2.30. The van der Waals surface area contributed by atoms with Gasteiger partial charge in [0, 0.05) is 28.2 Å². The number of allylic oxidation sites excluding steroid dienone is 4. The molecular formula is C16H17BrO2S. The molecule has 4 heteroatoms. The number of Topliss-reactive ketones (excluding diaryl/α,β-unsaturated/α-hetero) is 1. The summed E-state index contributed by atoms with van der Waals surface area (Å²) in [6.45, 7) is 1.95. The minimum Gasteiger partial charge on any atom is -0.289 e. The third-order valence-corrected chi connectivity index (χ3v) is 6.64. The number of carbonyl (C=O) groups is 1. The van der Waals surface area contributed by atoms with Gasteiger partial charge in [-0.05, 0) is 13.3 Å². The van der Waals surface area contributed by atoms with E-state index in [9.17, 15) is 9.00 Å². The fraction of sp³-hybridized carbons (Fsp3) is 0.312. The van der Waals surface area contributed by atoms with E-state index in [1.807, 2.05) is 55.5 Å². The van der Waals surface area contributed by atoms with Crippen LogP contribution in [0.2, 0.25) is 0 Å². The predicted octanol–water partition coefficient (Wildman–Crippen LogP) is 3.66. The van der Waals surface area contributed by atoms with Crippen LogP contribution in [0, 0.1) is 0 Å². The van der Waals surface area contributed by atoms with Gasteiger partial charge in [0.15, 0.2) is 5.78 Å². The molecule has 3 atom stereocenters. The molecule has 0 saturated carbocycles. The van der Waals surface area contributed by atoms with Crippen molar-refractivity contribution in [2.45, 2.75) is 22.9 Å². The van der Waals surface area contributed by atoms with Crippen molar-refractivity contribution >= 4 is 32.5 Å². The Kier molecular flexibility index (Phi) is 4.76. The summed E-state index contributed by atoms with van der Waals surface area (Å²) in [5, 5.41) is -0.0108. The van der Waals surface area contributed by atoms with E-state index in [0.29, 0.717) is 17.6 Å². The molecule has 3 unspecified atom stereocenters. The molecule has 0 N–H and O–H groups in total. The van der Waals surface area contributed by atoms with E-state index in [4.69, 9.17) is 0 Å². The third-order valence-electron chi connectivity index (χ3n) is 3.65. The molecule has 0 spiro atoms. The van der Waals surface area contributed by atoms with Crippen LogP contribution in [0.5, 0.6) is 0 Å². The Balaban J connectivity index is 2.17. The highest BCUT2D eigenvalue weighted by atomic mass is 79.9. The Bertz CT molecular complexity index is 592. The highest BCUT2D eigenvalue weighted by Gasteiger charge is 2.34. The van der Waals surface area contributed by atoms with Crippen molar-refractivity contribution < 1.29 is 9.00 Å². The van der Waals surface area contributed by atoms with Crippen molar-refractivity contribution in [3.05, 3.63) is 59.7 Å². The second kappa shape index (κ2) is 6.19. The van der Waals surface area contributed by atoms with Gasteiger partial charge in [-0.3, -0.25) is 9.00 Å². The SMILES string of the molecule is CC(S(C)=O)C1(Br)C=CC(C(=O)c2ccccc2)=CC1. The van der Waals surface area contributed by atoms with Crippen molar-refractivity contribution in [1.82, 2.24) is 0 Å².